The zero-order chi connectivity index (χ0) is 20.2. The number of carbonyl (C=O) groups excluding carboxylic acids is 1. The van der Waals surface area contributed by atoms with Crippen molar-refractivity contribution in [2.24, 2.45) is 0 Å². The summed E-state index contributed by atoms with van der Waals surface area (Å²) in [6.45, 7) is 4.91. The van der Waals surface area contributed by atoms with Gasteiger partial charge in [0.1, 0.15) is 17.3 Å². The van der Waals surface area contributed by atoms with Gasteiger partial charge >= 0.3 is 0 Å². The Hall–Kier alpha value is -3.48. The molecule has 1 aliphatic heterocycles. The number of benzene rings is 2. The number of carbonyl (C=O) groups is 1. The van der Waals surface area contributed by atoms with Gasteiger partial charge in [-0.3, -0.25) is 4.79 Å². The zero-order valence-corrected chi connectivity index (χ0v) is 16.2. The van der Waals surface area contributed by atoms with E-state index < -0.39 is 0 Å². The minimum absolute atomic E-state index is 0.126. The van der Waals surface area contributed by atoms with E-state index in [1.54, 1.807) is 17.0 Å². The lowest BCUT2D eigenvalue weighted by molar-refractivity contribution is 0.0740. The van der Waals surface area contributed by atoms with E-state index in [-0.39, 0.29) is 11.7 Å². The van der Waals surface area contributed by atoms with E-state index in [9.17, 15) is 9.18 Å². The molecule has 6 nitrogen and oxygen atoms in total. The third kappa shape index (κ3) is 4.51. The Morgan fingerprint density at radius 2 is 1.79 bits per heavy atom. The number of aryl methyl sites for hydroxylation is 1. The average Bonchev–Trinajstić information content (AvgIpc) is 2.74. The maximum absolute atomic E-state index is 13.3. The van der Waals surface area contributed by atoms with Gasteiger partial charge in [0.05, 0.1) is 12.4 Å². The van der Waals surface area contributed by atoms with Crippen LogP contribution in [0.15, 0.2) is 60.9 Å². The molecule has 1 saturated heterocycles. The van der Waals surface area contributed by atoms with Gasteiger partial charge in [-0.15, -0.1) is 0 Å². The highest BCUT2D eigenvalue weighted by Crippen LogP contribution is 2.19. The van der Waals surface area contributed by atoms with Gasteiger partial charge in [-0.1, -0.05) is 18.2 Å². The maximum atomic E-state index is 13.3. The van der Waals surface area contributed by atoms with Gasteiger partial charge < -0.3 is 15.1 Å². The number of hydrogen-bond acceptors (Lipinski definition) is 5. The lowest BCUT2D eigenvalue weighted by Gasteiger charge is -2.36. The first-order valence-corrected chi connectivity index (χ1v) is 9.54. The molecule has 2 heterocycles. The van der Waals surface area contributed by atoms with Crippen LogP contribution in [0.4, 0.5) is 21.6 Å². The van der Waals surface area contributed by atoms with Crippen LogP contribution in [0.25, 0.3) is 0 Å². The number of piperazine rings is 1. The molecule has 1 aliphatic rings. The third-order valence-electron chi connectivity index (χ3n) is 4.90. The molecule has 0 unspecified atom stereocenters. The van der Waals surface area contributed by atoms with Gasteiger partial charge in [-0.2, -0.15) is 0 Å². The predicted octanol–water partition coefficient (Wildman–Crippen LogP) is 3.63. The highest BCUT2D eigenvalue weighted by molar-refractivity contribution is 5.92. The van der Waals surface area contributed by atoms with Crippen LogP contribution in [0, 0.1) is 12.7 Å². The van der Waals surface area contributed by atoms with Crippen molar-refractivity contribution in [3.05, 3.63) is 78.0 Å². The molecule has 0 radical (unpaired) electrons. The average molecular weight is 391 g/mol. The molecular formula is C22H22FN5O. The van der Waals surface area contributed by atoms with Gasteiger partial charge in [0.15, 0.2) is 0 Å². The minimum atomic E-state index is -0.334. The van der Waals surface area contributed by atoms with Crippen LogP contribution >= 0.6 is 0 Å². The molecule has 1 aromatic heterocycles. The van der Waals surface area contributed by atoms with Crippen molar-refractivity contribution >= 4 is 23.1 Å². The second-order valence-corrected chi connectivity index (χ2v) is 7.04. The van der Waals surface area contributed by atoms with Crippen molar-refractivity contribution in [1.82, 2.24) is 14.9 Å². The summed E-state index contributed by atoms with van der Waals surface area (Å²) in [6.07, 6.45) is 2.94. The highest BCUT2D eigenvalue weighted by Gasteiger charge is 2.23. The molecule has 4 rings (SSSR count). The summed E-state index contributed by atoms with van der Waals surface area (Å²) < 4.78 is 13.3. The molecule has 0 spiro atoms. The Labute approximate surface area is 169 Å². The van der Waals surface area contributed by atoms with Gasteiger partial charge in [0, 0.05) is 37.6 Å². The summed E-state index contributed by atoms with van der Waals surface area (Å²) in [6, 6.07) is 14.5. The van der Waals surface area contributed by atoms with E-state index >= 15 is 0 Å². The van der Waals surface area contributed by atoms with E-state index in [0.29, 0.717) is 30.3 Å². The van der Waals surface area contributed by atoms with Crippen LogP contribution in [0.3, 0.4) is 0 Å². The van der Waals surface area contributed by atoms with Crippen LogP contribution in [-0.4, -0.2) is 47.0 Å². The normalized spacial score (nSPS) is 14.0. The molecule has 0 atom stereocenters. The van der Waals surface area contributed by atoms with E-state index in [1.165, 1.54) is 35.8 Å². The number of halogens is 1. The number of nitrogens with one attached hydrogen (secondary N) is 1. The van der Waals surface area contributed by atoms with E-state index in [0.717, 1.165) is 13.1 Å². The first-order chi connectivity index (χ1) is 14.1. The SMILES string of the molecule is Cc1cccc(N2CCN(C(=O)c3cnc(Nc4cccc(F)c4)cn3)CC2)c1. The van der Waals surface area contributed by atoms with Crippen molar-refractivity contribution in [3.63, 3.8) is 0 Å². The fraction of sp³-hybridized carbons (Fsp3) is 0.227. The van der Waals surface area contributed by atoms with Gasteiger partial charge in [-0.25, -0.2) is 14.4 Å². The molecule has 29 heavy (non-hydrogen) atoms. The molecule has 1 fully saturated rings. The zero-order valence-electron chi connectivity index (χ0n) is 16.2. The Morgan fingerprint density at radius 3 is 2.48 bits per heavy atom. The smallest absolute Gasteiger partial charge is 0.274 e. The quantitative estimate of drug-likeness (QED) is 0.736. The van der Waals surface area contributed by atoms with Crippen molar-refractivity contribution in [1.29, 1.82) is 0 Å². The van der Waals surface area contributed by atoms with Crippen molar-refractivity contribution in [3.8, 4) is 0 Å². The second kappa shape index (κ2) is 8.26. The third-order valence-corrected chi connectivity index (χ3v) is 4.90. The van der Waals surface area contributed by atoms with Crippen molar-refractivity contribution in [2.45, 2.75) is 6.92 Å². The highest BCUT2D eigenvalue weighted by atomic mass is 19.1. The van der Waals surface area contributed by atoms with Gasteiger partial charge in [-0.05, 0) is 42.8 Å². The Morgan fingerprint density at radius 1 is 1.00 bits per heavy atom. The van der Waals surface area contributed by atoms with E-state index in [4.69, 9.17) is 0 Å². The van der Waals surface area contributed by atoms with Crippen LogP contribution in [0.5, 0.6) is 0 Å². The fourth-order valence-corrected chi connectivity index (χ4v) is 3.37. The van der Waals surface area contributed by atoms with Gasteiger partial charge in [0.2, 0.25) is 0 Å². The summed E-state index contributed by atoms with van der Waals surface area (Å²) >= 11 is 0. The van der Waals surface area contributed by atoms with E-state index in [1.807, 2.05) is 0 Å². The summed E-state index contributed by atoms with van der Waals surface area (Å²) in [4.78, 5) is 25.3. The van der Waals surface area contributed by atoms with Crippen LogP contribution in [0.2, 0.25) is 0 Å². The summed E-state index contributed by atoms with van der Waals surface area (Å²) in [5.41, 5.74) is 3.29. The molecule has 3 aromatic rings. The van der Waals surface area contributed by atoms with Crippen molar-refractivity contribution in [2.75, 3.05) is 36.4 Å². The second-order valence-electron chi connectivity index (χ2n) is 7.04. The molecule has 7 heteroatoms. The molecule has 2 aromatic carbocycles. The topological polar surface area (TPSA) is 61.4 Å². The Kier molecular flexibility index (Phi) is 5.37. The molecule has 148 valence electrons. The largest absolute Gasteiger partial charge is 0.368 e. The Bertz CT molecular complexity index is 1000. The molecular weight excluding hydrogens is 369 g/mol. The first kappa shape index (κ1) is 18.9. The molecule has 1 N–H and O–H groups in total. The monoisotopic (exact) mass is 391 g/mol. The lowest BCUT2D eigenvalue weighted by Crippen LogP contribution is -2.49. The first-order valence-electron chi connectivity index (χ1n) is 9.54. The summed E-state index contributed by atoms with van der Waals surface area (Å²) in [5, 5.41) is 2.97. The van der Waals surface area contributed by atoms with Gasteiger partial charge in [0.25, 0.3) is 5.91 Å². The minimum Gasteiger partial charge on any atom is -0.368 e. The maximum Gasteiger partial charge on any atom is 0.274 e. The number of amides is 1. The predicted molar refractivity (Wildman–Crippen MR) is 111 cm³/mol. The number of nitrogens with zero attached hydrogens (tertiary/aromatic N) is 4. The van der Waals surface area contributed by atoms with Crippen LogP contribution < -0.4 is 10.2 Å². The fourth-order valence-electron chi connectivity index (χ4n) is 3.37. The van der Waals surface area contributed by atoms with Crippen LogP contribution in [0.1, 0.15) is 16.1 Å². The summed E-state index contributed by atoms with van der Waals surface area (Å²) in [7, 11) is 0. The number of rotatable bonds is 4. The Balaban J connectivity index is 1.36. The molecule has 1 amide bonds. The standard InChI is InChI=1S/C22H22FN5O/c1-16-4-2-7-19(12-16)27-8-10-28(11-9-27)22(29)20-14-25-21(15-24-20)26-18-6-3-5-17(23)13-18/h2-7,12-15H,8-11H2,1H3,(H,25,26). The number of hydrogen-bond donors (Lipinski definition) is 1. The van der Waals surface area contributed by atoms with Crippen LogP contribution in [-0.2, 0) is 0 Å². The van der Waals surface area contributed by atoms with Crippen molar-refractivity contribution < 1.29 is 9.18 Å². The lowest BCUT2D eigenvalue weighted by atomic mass is 10.2. The number of aromatic nitrogens is 2. The molecule has 0 bridgehead atoms. The summed E-state index contributed by atoms with van der Waals surface area (Å²) in [5.74, 6) is -0.00493. The molecule has 0 aliphatic carbocycles. The number of anilines is 3. The molecule has 0 saturated carbocycles. The van der Waals surface area contributed by atoms with E-state index in [2.05, 4.69) is 51.4 Å².